The van der Waals surface area contributed by atoms with Crippen molar-refractivity contribution in [2.75, 3.05) is 0 Å². The minimum absolute atomic E-state index is 1.10. The minimum Gasteiger partial charge on any atom is -0.264 e. The van der Waals surface area contributed by atoms with E-state index < -0.39 is 0 Å². The first-order chi connectivity index (χ1) is 10.3. The lowest BCUT2D eigenvalue weighted by Crippen LogP contribution is -1.80. The Morgan fingerprint density at radius 1 is 0.667 bits per heavy atom. The Labute approximate surface area is 124 Å². The molecule has 0 fully saturated rings. The van der Waals surface area contributed by atoms with E-state index >= 15 is 0 Å². The third-order valence-electron chi connectivity index (χ3n) is 3.42. The molecule has 21 heavy (non-hydrogen) atoms. The van der Waals surface area contributed by atoms with Gasteiger partial charge in [-0.1, -0.05) is 48.5 Å². The fourth-order valence-electron chi connectivity index (χ4n) is 2.30. The molecule has 2 heteroatoms. The maximum absolute atomic E-state index is 4.21. The number of hydrogen-bond acceptors (Lipinski definition) is 2. The second kappa shape index (κ2) is 6.14. The van der Waals surface area contributed by atoms with Crippen LogP contribution in [0.3, 0.4) is 0 Å². The van der Waals surface area contributed by atoms with E-state index in [0.717, 1.165) is 5.69 Å². The number of fused-ring (bicyclic) bond motifs is 2. The summed E-state index contributed by atoms with van der Waals surface area (Å²) in [4.78, 5) is 8.22. The molecule has 4 rings (SSSR count). The maximum Gasteiger partial charge on any atom is 0.0450 e. The molecule has 0 aliphatic rings. The van der Waals surface area contributed by atoms with Gasteiger partial charge in [-0.2, -0.15) is 0 Å². The third-order valence-corrected chi connectivity index (χ3v) is 3.42. The highest BCUT2D eigenvalue weighted by molar-refractivity contribution is 5.84. The maximum atomic E-state index is 4.21. The smallest absolute Gasteiger partial charge is 0.0450 e. The first-order valence-electron chi connectivity index (χ1n) is 6.94. The molecule has 0 saturated carbocycles. The molecule has 0 N–H and O–H groups in total. The molecule has 2 heterocycles. The molecule has 0 aliphatic carbocycles. The lowest BCUT2D eigenvalue weighted by atomic mass is 10.1. The molecule has 2 aromatic carbocycles. The highest BCUT2D eigenvalue weighted by atomic mass is 14.7. The fraction of sp³-hybridized carbons (Fsp3) is 0.0526. The van der Waals surface area contributed by atoms with Gasteiger partial charge in [-0.25, -0.2) is 0 Å². The molecule has 0 radical (unpaired) electrons. The quantitative estimate of drug-likeness (QED) is 0.460. The Morgan fingerprint density at radius 3 is 2.10 bits per heavy atom. The van der Waals surface area contributed by atoms with Gasteiger partial charge in [-0.3, -0.25) is 9.97 Å². The van der Waals surface area contributed by atoms with Crippen molar-refractivity contribution in [2.45, 2.75) is 6.92 Å². The van der Waals surface area contributed by atoms with E-state index in [-0.39, 0.29) is 0 Å². The Kier molecular flexibility index (Phi) is 3.88. The predicted molar refractivity (Wildman–Crippen MR) is 88.2 cm³/mol. The molecular weight excluding hydrogens is 256 g/mol. The number of hydrogen-bond donors (Lipinski definition) is 0. The molecule has 0 atom stereocenters. The zero-order chi connectivity index (χ0) is 14.5. The molecule has 0 amide bonds. The third kappa shape index (κ3) is 3.06. The van der Waals surface area contributed by atoms with Crippen molar-refractivity contribution < 1.29 is 0 Å². The van der Waals surface area contributed by atoms with Crippen LogP contribution < -0.4 is 0 Å². The van der Waals surface area contributed by atoms with Gasteiger partial charge in [0, 0.05) is 29.7 Å². The van der Waals surface area contributed by atoms with E-state index in [9.17, 15) is 0 Å². The standard InChI is InChI=1S/C10H9N.C9H7N/c1-8-10-5-3-2-4-9(10)6-7-11-8;1-2-4-9-7-10-6-5-8(9)3-1/h2-7H,1H3;1-7H. The van der Waals surface area contributed by atoms with Crippen molar-refractivity contribution in [3.63, 3.8) is 0 Å². The molecule has 0 unspecified atom stereocenters. The highest BCUT2D eigenvalue weighted by Gasteiger charge is 1.93. The predicted octanol–water partition coefficient (Wildman–Crippen LogP) is 4.78. The van der Waals surface area contributed by atoms with E-state index in [0.29, 0.717) is 0 Å². The number of aromatic nitrogens is 2. The van der Waals surface area contributed by atoms with Crippen LogP contribution in [0.25, 0.3) is 21.5 Å². The Hall–Kier alpha value is -2.74. The summed E-state index contributed by atoms with van der Waals surface area (Å²) in [5.41, 5.74) is 1.10. The summed E-state index contributed by atoms with van der Waals surface area (Å²) in [5, 5.41) is 4.96. The van der Waals surface area contributed by atoms with Crippen molar-refractivity contribution in [2.24, 2.45) is 0 Å². The fourth-order valence-corrected chi connectivity index (χ4v) is 2.30. The zero-order valence-corrected chi connectivity index (χ0v) is 11.9. The van der Waals surface area contributed by atoms with Crippen LogP contribution in [0.2, 0.25) is 0 Å². The minimum atomic E-state index is 1.10. The van der Waals surface area contributed by atoms with Crippen LogP contribution in [0.15, 0.2) is 79.3 Å². The van der Waals surface area contributed by atoms with Crippen LogP contribution >= 0.6 is 0 Å². The van der Waals surface area contributed by atoms with Crippen LogP contribution in [-0.4, -0.2) is 9.97 Å². The summed E-state index contributed by atoms with van der Waals surface area (Å²) >= 11 is 0. The van der Waals surface area contributed by atoms with Gasteiger partial charge >= 0.3 is 0 Å². The average Bonchev–Trinajstić information content (AvgIpc) is 2.56. The summed E-state index contributed by atoms with van der Waals surface area (Å²) in [6.07, 6.45) is 5.52. The zero-order valence-electron chi connectivity index (χ0n) is 11.9. The molecule has 2 aromatic heterocycles. The Balaban J connectivity index is 0.000000126. The van der Waals surface area contributed by atoms with Crippen molar-refractivity contribution in [1.82, 2.24) is 9.97 Å². The normalized spacial score (nSPS) is 10.1. The van der Waals surface area contributed by atoms with E-state index in [4.69, 9.17) is 0 Å². The van der Waals surface area contributed by atoms with Gasteiger partial charge in [0.2, 0.25) is 0 Å². The number of pyridine rings is 2. The first kappa shape index (κ1) is 13.3. The number of benzene rings is 2. The summed E-state index contributed by atoms with van der Waals surface area (Å²) in [6.45, 7) is 2.03. The van der Waals surface area contributed by atoms with Crippen LogP contribution in [0.4, 0.5) is 0 Å². The van der Waals surface area contributed by atoms with Gasteiger partial charge in [0.15, 0.2) is 0 Å². The Morgan fingerprint density at radius 2 is 1.33 bits per heavy atom. The number of aryl methyl sites for hydroxylation is 1. The van der Waals surface area contributed by atoms with Crippen LogP contribution in [0.5, 0.6) is 0 Å². The van der Waals surface area contributed by atoms with E-state index in [1.165, 1.54) is 21.5 Å². The summed E-state index contributed by atoms with van der Waals surface area (Å²) in [7, 11) is 0. The first-order valence-corrected chi connectivity index (χ1v) is 6.94. The molecule has 0 spiro atoms. The average molecular weight is 272 g/mol. The molecule has 0 bridgehead atoms. The SMILES string of the molecule is Cc1nccc2ccccc12.c1ccc2cnccc2c1. The van der Waals surface area contributed by atoms with Crippen molar-refractivity contribution in [1.29, 1.82) is 0 Å². The second-order valence-corrected chi connectivity index (χ2v) is 4.84. The van der Waals surface area contributed by atoms with Gasteiger partial charge in [-0.05, 0) is 35.2 Å². The van der Waals surface area contributed by atoms with Gasteiger partial charge < -0.3 is 0 Å². The molecule has 102 valence electrons. The highest BCUT2D eigenvalue weighted by Crippen LogP contribution is 2.14. The van der Waals surface area contributed by atoms with Crippen molar-refractivity contribution >= 4 is 21.5 Å². The Bertz CT molecular complexity index is 798. The molecule has 2 nitrogen and oxygen atoms in total. The lowest BCUT2D eigenvalue weighted by molar-refractivity contribution is 1.24. The summed E-state index contributed by atoms with van der Waals surface area (Å²) in [5.74, 6) is 0. The van der Waals surface area contributed by atoms with Gasteiger partial charge in [0.05, 0.1) is 0 Å². The number of rotatable bonds is 0. The number of nitrogens with zero attached hydrogens (tertiary/aromatic N) is 2. The largest absolute Gasteiger partial charge is 0.264 e. The molecule has 0 aliphatic heterocycles. The monoisotopic (exact) mass is 272 g/mol. The van der Waals surface area contributed by atoms with E-state index in [2.05, 4.69) is 34.2 Å². The van der Waals surface area contributed by atoms with Crippen molar-refractivity contribution in [3.8, 4) is 0 Å². The topological polar surface area (TPSA) is 25.8 Å². The second-order valence-electron chi connectivity index (χ2n) is 4.84. The van der Waals surface area contributed by atoms with Crippen LogP contribution in [0, 0.1) is 6.92 Å². The van der Waals surface area contributed by atoms with Gasteiger partial charge in [-0.15, -0.1) is 0 Å². The summed E-state index contributed by atoms with van der Waals surface area (Å²) < 4.78 is 0. The van der Waals surface area contributed by atoms with Crippen molar-refractivity contribution in [3.05, 3.63) is 84.9 Å². The van der Waals surface area contributed by atoms with Gasteiger partial charge in [0.1, 0.15) is 0 Å². The lowest BCUT2D eigenvalue weighted by Gasteiger charge is -1.97. The molecular formula is C19H16N2. The van der Waals surface area contributed by atoms with Crippen LogP contribution in [0.1, 0.15) is 5.69 Å². The van der Waals surface area contributed by atoms with Crippen LogP contribution in [-0.2, 0) is 0 Å². The summed E-state index contributed by atoms with van der Waals surface area (Å²) in [6, 6.07) is 20.5. The van der Waals surface area contributed by atoms with E-state index in [1.807, 2.05) is 61.9 Å². The molecule has 0 saturated heterocycles. The van der Waals surface area contributed by atoms with Gasteiger partial charge in [0.25, 0.3) is 0 Å². The van der Waals surface area contributed by atoms with E-state index in [1.54, 1.807) is 0 Å². The molecule has 4 aromatic rings.